The smallest absolute Gasteiger partial charge is 0.119 e. The van der Waals surface area contributed by atoms with E-state index in [0.29, 0.717) is 0 Å². The van der Waals surface area contributed by atoms with Gasteiger partial charge in [-0.15, -0.1) is 0 Å². The molecule has 0 radical (unpaired) electrons. The van der Waals surface area contributed by atoms with Gasteiger partial charge in [0.15, 0.2) is 0 Å². The summed E-state index contributed by atoms with van der Waals surface area (Å²) in [5, 5.41) is 4.59. The first-order chi connectivity index (χ1) is 14.6. The number of likely N-dealkylation sites (tertiary alicyclic amines) is 1. The van der Waals surface area contributed by atoms with Gasteiger partial charge in [-0.1, -0.05) is 26.0 Å². The molecule has 0 bridgehead atoms. The molecular formula is C25H40N4O. The second-order valence-corrected chi connectivity index (χ2v) is 8.72. The molecule has 2 aromatic rings. The number of hydrogen-bond donors (Lipinski definition) is 0. The van der Waals surface area contributed by atoms with Crippen molar-refractivity contribution >= 4 is 0 Å². The minimum atomic E-state index is 0.759. The van der Waals surface area contributed by atoms with Crippen LogP contribution in [0.5, 0.6) is 5.75 Å². The monoisotopic (exact) mass is 412 g/mol. The first-order valence-electron chi connectivity index (χ1n) is 11.7. The summed E-state index contributed by atoms with van der Waals surface area (Å²) in [4.78, 5) is 5.27. The number of rotatable bonds is 11. The van der Waals surface area contributed by atoms with Gasteiger partial charge in [-0.3, -0.25) is 9.58 Å². The van der Waals surface area contributed by atoms with E-state index in [0.717, 1.165) is 50.7 Å². The van der Waals surface area contributed by atoms with Crippen LogP contribution >= 0.6 is 0 Å². The fraction of sp³-hybridized carbons (Fsp3) is 0.640. The van der Waals surface area contributed by atoms with Crippen molar-refractivity contribution in [2.24, 2.45) is 5.92 Å². The first-order valence-corrected chi connectivity index (χ1v) is 11.7. The number of ether oxygens (including phenoxy) is 1. The Kier molecular flexibility index (Phi) is 8.76. The molecule has 0 unspecified atom stereocenters. The third-order valence-electron chi connectivity index (χ3n) is 6.45. The second-order valence-electron chi connectivity index (χ2n) is 8.72. The third kappa shape index (κ3) is 6.32. The lowest BCUT2D eigenvalue weighted by atomic mass is 9.96. The molecule has 1 fully saturated rings. The molecule has 0 amide bonds. The Hall–Kier alpha value is -1.85. The molecule has 0 spiro atoms. The fourth-order valence-electron chi connectivity index (χ4n) is 4.61. The molecule has 5 nitrogen and oxygen atoms in total. The van der Waals surface area contributed by atoms with Crippen molar-refractivity contribution in [3.8, 4) is 5.75 Å². The highest BCUT2D eigenvalue weighted by atomic mass is 16.5. The van der Waals surface area contributed by atoms with E-state index in [9.17, 15) is 0 Å². The van der Waals surface area contributed by atoms with Crippen LogP contribution in [0.2, 0.25) is 0 Å². The molecule has 30 heavy (non-hydrogen) atoms. The molecule has 1 saturated heterocycles. The number of methoxy groups -OCH3 is 1. The van der Waals surface area contributed by atoms with Gasteiger partial charge in [0.25, 0.3) is 0 Å². The zero-order chi connectivity index (χ0) is 21.3. The Bertz CT molecular complexity index is 772. The lowest BCUT2D eigenvalue weighted by Gasteiger charge is -2.35. The first kappa shape index (κ1) is 22.8. The van der Waals surface area contributed by atoms with Crippen LogP contribution in [-0.2, 0) is 19.5 Å². The van der Waals surface area contributed by atoms with E-state index in [1.54, 1.807) is 7.11 Å². The number of piperidine rings is 1. The van der Waals surface area contributed by atoms with Crippen LogP contribution < -0.4 is 4.74 Å². The number of hydrogen-bond acceptors (Lipinski definition) is 4. The summed E-state index contributed by atoms with van der Waals surface area (Å²) in [5.74, 6) is 1.72. The van der Waals surface area contributed by atoms with Gasteiger partial charge in [0.1, 0.15) is 5.75 Å². The maximum absolute atomic E-state index is 5.37. The maximum Gasteiger partial charge on any atom is 0.119 e. The van der Waals surface area contributed by atoms with Crippen molar-refractivity contribution in [3.63, 3.8) is 0 Å². The maximum atomic E-state index is 5.37. The Morgan fingerprint density at radius 2 is 2.10 bits per heavy atom. The number of nitrogens with zero attached hydrogens (tertiary/aromatic N) is 4. The summed E-state index contributed by atoms with van der Waals surface area (Å²) >= 11 is 0. The molecular weight excluding hydrogens is 372 g/mol. The Morgan fingerprint density at radius 1 is 1.23 bits per heavy atom. The Morgan fingerprint density at radius 3 is 2.87 bits per heavy atom. The van der Waals surface area contributed by atoms with Gasteiger partial charge in [0, 0.05) is 44.0 Å². The van der Waals surface area contributed by atoms with E-state index in [1.165, 1.54) is 49.3 Å². The van der Waals surface area contributed by atoms with E-state index in [-0.39, 0.29) is 0 Å². The second kappa shape index (κ2) is 11.5. The lowest BCUT2D eigenvalue weighted by molar-refractivity contribution is 0.133. The van der Waals surface area contributed by atoms with Crippen LogP contribution in [0.15, 0.2) is 30.5 Å². The van der Waals surface area contributed by atoms with Crippen LogP contribution in [0.1, 0.15) is 49.9 Å². The molecule has 1 aromatic heterocycles. The van der Waals surface area contributed by atoms with Crippen LogP contribution in [0.25, 0.3) is 0 Å². The summed E-state index contributed by atoms with van der Waals surface area (Å²) in [5.41, 5.74) is 4.08. The molecule has 0 N–H and O–H groups in total. The topological polar surface area (TPSA) is 33.5 Å². The van der Waals surface area contributed by atoms with Crippen LogP contribution in [0.4, 0.5) is 0 Å². The van der Waals surface area contributed by atoms with Gasteiger partial charge in [0.2, 0.25) is 0 Å². The average molecular weight is 413 g/mol. The zero-order valence-electron chi connectivity index (χ0n) is 19.4. The molecule has 166 valence electrons. The van der Waals surface area contributed by atoms with Crippen molar-refractivity contribution in [1.82, 2.24) is 19.6 Å². The quantitative estimate of drug-likeness (QED) is 0.548. The fourth-order valence-corrected chi connectivity index (χ4v) is 4.61. The number of benzene rings is 1. The average Bonchev–Trinajstić information content (AvgIpc) is 3.11. The van der Waals surface area contributed by atoms with Crippen molar-refractivity contribution in [3.05, 3.63) is 47.3 Å². The third-order valence-corrected chi connectivity index (χ3v) is 6.45. The largest absolute Gasteiger partial charge is 0.497 e. The van der Waals surface area contributed by atoms with Gasteiger partial charge in [-0.25, -0.2) is 0 Å². The van der Waals surface area contributed by atoms with E-state index in [1.807, 2.05) is 6.07 Å². The van der Waals surface area contributed by atoms with Crippen molar-refractivity contribution in [2.75, 3.05) is 39.8 Å². The zero-order valence-corrected chi connectivity index (χ0v) is 19.4. The molecule has 0 aliphatic carbocycles. The molecule has 1 aliphatic rings. The van der Waals surface area contributed by atoms with Crippen LogP contribution in [-0.4, -0.2) is 59.4 Å². The Balaban J connectivity index is 1.50. The van der Waals surface area contributed by atoms with Gasteiger partial charge in [-0.2, -0.15) is 5.10 Å². The highest BCUT2D eigenvalue weighted by Crippen LogP contribution is 2.21. The van der Waals surface area contributed by atoms with Gasteiger partial charge >= 0.3 is 0 Å². The Labute approximate surface area is 183 Å². The van der Waals surface area contributed by atoms with Crippen LogP contribution in [0, 0.1) is 12.8 Å². The molecule has 5 heteroatoms. The summed E-state index contributed by atoms with van der Waals surface area (Å²) in [6.07, 6.45) is 6.97. The molecule has 1 atom stereocenters. The van der Waals surface area contributed by atoms with Crippen molar-refractivity contribution in [1.29, 1.82) is 0 Å². The summed E-state index contributed by atoms with van der Waals surface area (Å²) in [6.45, 7) is 14.6. The van der Waals surface area contributed by atoms with Gasteiger partial charge in [0.05, 0.1) is 13.3 Å². The van der Waals surface area contributed by atoms with E-state index in [4.69, 9.17) is 4.74 Å². The summed E-state index contributed by atoms with van der Waals surface area (Å²) in [6, 6.07) is 8.50. The number of aromatic nitrogens is 2. The minimum Gasteiger partial charge on any atom is -0.497 e. The highest BCUT2D eigenvalue weighted by Gasteiger charge is 2.22. The normalized spacial score (nSPS) is 17.6. The molecule has 2 heterocycles. The molecule has 3 rings (SSSR count). The predicted molar refractivity (Wildman–Crippen MR) is 124 cm³/mol. The van der Waals surface area contributed by atoms with Gasteiger partial charge in [-0.05, 0) is 69.3 Å². The van der Waals surface area contributed by atoms with E-state index in [2.05, 4.69) is 64.7 Å². The number of aryl methyl sites for hydroxylation is 1. The minimum absolute atomic E-state index is 0.759. The van der Waals surface area contributed by atoms with Crippen molar-refractivity contribution in [2.45, 2.75) is 59.5 Å². The van der Waals surface area contributed by atoms with E-state index < -0.39 is 0 Å². The standard InChI is InChI=1S/C25H40N4O/c1-5-13-29-21(3)24(17-26-29)20-27(6-2)18-23-10-8-14-28(19-23)15-12-22-9-7-11-25(16-22)30-4/h7,9,11,16-17,23H,5-6,8,10,12-15,18-20H2,1-4H3/t23-/m1/s1. The summed E-state index contributed by atoms with van der Waals surface area (Å²) < 4.78 is 7.52. The van der Waals surface area contributed by atoms with Crippen LogP contribution in [0.3, 0.4) is 0 Å². The van der Waals surface area contributed by atoms with Gasteiger partial charge < -0.3 is 9.64 Å². The molecule has 1 aromatic carbocycles. The predicted octanol–water partition coefficient (Wildman–Crippen LogP) is 4.39. The summed E-state index contributed by atoms with van der Waals surface area (Å²) in [7, 11) is 1.74. The molecule has 0 saturated carbocycles. The lowest BCUT2D eigenvalue weighted by Crippen LogP contribution is -2.41. The van der Waals surface area contributed by atoms with E-state index >= 15 is 0 Å². The highest BCUT2D eigenvalue weighted by molar-refractivity contribution is 5.28. The molecule has 1 aliphatic heterocycles. The van der Waals surface area contributed by atoms with Crippen molar-refractivity contribution < 1.29 is 4.74 Å². The SMILES string of the molecule is CCCn1ncc(CN(CC)C[C@H]2CCCN(CCc3cccc(OC)c3)C2)c1C.